The van der Waals surface area contributed by atoms with Gasteiger partial charge in [0.25, 0.3) is 0 Å². The minimum absolute atomic E-state index is 0.0304. The molecule has 3 heteroatoms. The minimum atomic E-state index is -0.421. The van der Waals surface area contributed by atoms with Gasteiger partial charge in [0, 0.05) is 13.1 Å². The summed E-state index contributed by atoms with van der Waals surface area (Å²) in [4.78, 5) is 2.40. The molecule has 0 bridgehead atoms. The molecule has 1 saturated heterocycles. The summed E-state index contributed by atoms with van der Waals surface area (Å²) in [7, 11) is 0. The van der Waals surface area contributed by atoms with Crippen LogP contribution in [0, 0.1) is 0 Å². The Balaban J connectivity index is 1.36. The summed E-state index contributed by atoms with van der Waals surface area (Å²) in [5.41, 5.74) is 2.56. The normalized spacial score (nSPS) is 20.0. The van der Waals surface area contributed by atoms with Crippen molar-refractivity contribution < 1.29 is 9.84 Å². The number of ether oxygens (including phenoxy) is 1. The molecule has 1 fully saturated rings. The second kappa shape index (κ2) is 16.9. The summed E-state index contributed by atoms with van der Waals surface area (Å²) in [6, 6.07) is 21.2. The Hall–Kier alpha value is -1.68. The Labute approximate surface area is 214 Å². The van der Waals surface area contributed by atoms with Crippen molar-refractivity contribution in [3.05, 3.63) is 71.8 Å². The number of benzene rings is 2. The molecular formula is C32H49NO2. The quantitative estimate of drug-likeness (QED) is 0.220. The van der Waals surface area contributed by atoms with Crippen molar-refractivity contribution >= 4 is 0 Å². The summed E-state index contributed by atoms with van der Waals surface area (Å²) in [5.74, 6) is 0. The number of rotatable bonds is 18. The summed E-state index contributed by atoms with van der Waals surface area (Å²) in [6.07, 6.45) is 16.8. The molecular weight excluding hydrogens is 430 g/mol. The first-order valence-electron chi connectivity index (χ1n) is 14.4. The maximum Gasteiger partial charge on any atom is 0.0979 e. The zero-order valence-electron chi connectivity index (χ0n) is 22.1. The molecule has 0 aromatic heterocycles. The largest absolute Gasteiger partial charge is 0.389 e. The zero-order chi connectivity index (χ0) is 24.6. The Morgan fingerprint density at radius 3 is 1.63 bits per heavy atom. The Morgan fingerprint density at radius 2 is 1.14 bits per heavy atom. The fraction of sp³-hybridized carbons (Fsp3) is 0.625. The predicted molar refractivity (Wildman–Crippen MR) is 147 cm³/mol. The van der Waals surface area contributed by atoms with Crippen molar-refractivity contribution in [1.82, 2.24) is 4.90 Å². The molecule has 1 aliphatic rings. The third-order valence-corrected chi connectivity index (χ3v) is 7.52. The lowest BCUT2D eigenvalue weighted by molar-refractivity contribution is 0.0241. The van der Waals surface area contributed by atoms with Crippen molar-refractivity contribution in [3.63, 3.8) is 0 Å². The molecule has 3 nitrogen and oxygen atoms in total. The third-order valence-electron chi connectivity index (χ3n) is 7.52. The van der Waals surface area contributed by atoms with E-state index in [1.54, 1.807) is 0 Å². The molecule has 0 aliphatic carbocycles. The molecule has 2 aromatic carbocycles. The van der Waals surface area contributed by atoms with Crippen molar-refractivity contribution in [1.29, 1.82) is 0 Å². The van der Waals surface area contributed by atoms with Gasteiger partial charge in [-0.25, -0.2) is 0 Å². The molecule has 0 amide bonds. The van der Waals surface area contributed by atoms with Gasteiger partial charge in [0.15, 0.2) is 0 Å². The summed E-state index contributed by atoms with van der Waals surface area (Å²) >= 11 is 0. The molecule has 0 unspecified atom stereocenters. The van der Waals surface area contributed by atoms with E-state index >= 15 is 0 Å². The van der Waals surface area contributed by atoms with Crippen LogP contribution in [-0.4, -0.2) is 34.9 Å². The van der Waals surface area contributed by atoms with Gasteiger partial charge in [-0.15, -0.1) is 0 Å². The predicted octanol–water partition coefficient (Wildman–Crippen LogP) is 7.91. The summed E-state index contributed by atoms with van der Waals surface area (Å²) < 4.78 is 6.14. The van der Waals surface area contributed by atoms with Crippen LogP contribution in [0.5, 0.6) is 0 Å². The molecule has 35 heavy (non-hydrogen) atoms. The van der Waals surface area contributed by atoms with Crippen molar-refractivity contribution in [3.8, 4) is 0 Å². The molecule has 1 heterocycles. The molecule has 2 aromatic rings. The van der Waals surface area contributed by atoms with E-state index in [0.717, 1.165) is 25.9 Å². The first kappa shape index (κ1) is 27.9. The summed E-state index contributed by atoms with van der Waals surface area (Å²) in [5, 5.41) is 11.2. The molecule has 0 saturated carbocycles. The van der Waals surface area contributed by atoms with Crippen LogP contribution in [0.1, 0.15) is 102 Å². The van der Waals surface area contributed by atoms with Gasteiger partial charge in [0.05, 0.1) is 24.9 Å². The highest BCUT2D eigenvalue weighted by Crippen LogP contribution is 2.27. The van der Waals surface area contributed by atoms with Gasteiger partial charge in [-0.05, 0) is 17.5 Å². The molecule has 1 aliphatic heterocycles. The number of unbranched alkanes of at least 4 members (excludes halogenated alkanes) is 11. The van der Waals surface area contributed by atoms with Crippen molar-refractivity contribution in [2.75, 3.05) is 6.61 Å². The first-order valence-corrected chi connectivity index (χ1v) is 14.4. The van der Waals surface area contributed by atoms with Gasteiger partial charge < -0.3 is 9.84 Å². The summed E-state index contributed by atoms with van der Waals surface area (Å²) in [6.45, 7) is 4.55. The monoisotopic (exact) mass is 479 g/mol. The first-order chi connectivity index (χ1) is 17.3. The Bertz CT molecular complexity index is 724. The van der Waals surface area contributed by atoms with Crippen LogP contribution in [0.2, 0.25) is 0 Å². The van der Waals surface area contributed by atoms with Crippen LogP contribution in [0.3, 0.4) is 0 Å². The van der Waals surface area contributed by atoms with Gasteiger partial charge in [0.2, 0.25) is 0 Å². The van der Waals surface area contributed by atoms with Crippen LogP contribution in [0.25, 0.3) is 0 Å². The number of aliphatic hydroxyl groups excluding tert-OH is 1. The molecule has 0 radical (unpaired) electrons. The number of hydrogen-bond acceptors (Lipinski definition) is 3. The molecule has 1 N–H and O–H groups in total. The fourth-order valence-electron chi connectivity index (χ4n) is 5.36. The lowest BCUT2D eigenvalue weighted by Gasteiger charge is -2.31. The number of hydrogen-bond donors (Lipinski definition) is 1. The van der Waals surface area contributed by atoms with E-state index < -0.39 is 6.10 Å². The van der Waals surface area contributed by atoms with Crippen LogP contribution in [0.4, 0.5) is 0 Å². The van der Waals surface area contributed by atoms with Gasteiger partial charge in [-0.3, -0.25) is 4.90 Å². The van der Waals surface area contributed by atoms with Crippen LogP contribution < -0.4 is 0 Å². The fourth-order valence-corrected chi connectivity index (χ4v) is 5.36. The average molecular weight is 480 g/mol. The van der Waals surface area contributed by atoms with Gasteiger partial charge in [0.1, 0.15) is 0 Å². The van der Waals surface area contributed by atoms with E-state index in [1.807, 2.05) is 0 Å². The lowest BCUT2D eigenvalue weighted by atomic mass is 10.00. The van der Waals surface area contributed by atoms with E-state index in [0.29, 0.717) is 6.61 Å². The van der Waals surface area contributed by atoms with E-state index in [4.69, 9.17) is 4.74 Å². The number of nitrogens with zero attached hydrogens (tertiary/aromatic N) is 1. The van der Waals surface area contributed by atoms with Crippen molar-refractivity contribution in [2.24, 2.45) is 0 Å². The topological polar surface area (TPSA) is 32.7 Å². The van der Waals surface area contributed by atoms with Crippen LogP contribution in [0.15, 0.2) is 60.7 Å². The zero-order valence-corrected chi connectivity index (χ0v) is 22.1. The maximum absolute atomic E-state index is 11.2. The Morgan fingerprint density at radius 1 is 0.686 bits per heavy atom. The van der Waals surface area contributed by atoms with Crippen molar-refractivity contribution in [2.45, 2.75) is 122 Å². The van der Waals surface area contributed by atoms with Gasteiger partial charge in [-0.2, -0.15) is 0 Å². The van der Waals surface area contributed by atoms with E-state index in [2.05, 4.69) is 72.5 Å². The highest BCUT2D eigenvalue weighted by Gasteiger charge is 2.38. The highest BCUT2D eigenvalue weighted by atomic mass is 16.5. The smallest absolute Gasteiger partial charge is 0.0979 e. The molecule has 194 valence electrons. The number of aliphatic hydroxyl groups is 1. The molecule has 3 atom stereocenters. The van der Waals surface area contributed by atoms with Crippen LogP contribution in [-0.2, 0) is 17.8 Å². The second-order valence-electron chi connectivity index (χ2n) is 10.5. The van der Waals surface area contributed by atoms with Gasteiger partial charge >= 0.3 is 0 Å². The van der Waals surface area contributed by atoms with E-state index in [1.165, 1.54) is 81.8 Å². The average Bonchev–Trinajstić information content (AvgIpc) is 3.25. The second-order valence-corrected chi connectivity index (χ2v) is 10.5. The van der Waals surface area contributed by atoms with Crippen LogP contribution >= 0.6 is 0 Å². The third kappa shape index (κ3) is 10.5. The SMILES string of the molecule is CCCCCCCCCCCCCC[C@@H]1OC[C@@H](N(Cc2ccccc2)Cc2ccccc2)[C@@H]1O. The highest BCUT2D eigenvalue weighted by molar-refractivity contribution is 5.18. The molecule has 3 rings (SSSR count). The molecule has 0 spiro atoms. The van der Waals surface area contributed by atoms with Gasteiger partial charge in [-0.1, -0.05) is 145 Å². The minimum Gasteiger partial charge on any atom is -0.389 e. The van der Waals surface area contributed by atoms with E-state index in [-0.39, 0.29) is 12.1 Å². The van der Waals surface area contributed by atoms with E-state index in [9.17, 15) is 5.11 Å². The standard InChI is InChI=1S/C32H49NO2/c1-2-3-4-5-6-7-8-9-10-11-12-19-24-31-32(34)30(27-35-31)33(25-28-20-15-13-16-21-28)26-29-22-17-14-18-23-29/h13-18,20-23,30-32,34H,2-12,19,24-27H2,1H3/t30-,31+,32+/m1/s1. The lowest BCUT2D eigenvalue weighted by Crippen LogP contribution is -2.44. The maximum atomic E-state index is 11.2. The Kier molecular flexibility index (Phi) is 13.5.